The number of benzene rings is 2. The summed E-state index contributed by atoms with van der Waals surface area (Å²) in [6, 6.07) is 17.7. The van der Waals surface area contributed by atoms with E-state index in [-0.39, 0.29) is 11.7 Å². The molecule has 4 N–H and O–H groups in total. The number of hydrogen-bond acceptors (Lipinski definition) is 4. The molecule has 26 heavy (non-hydrogen) atoms. The van der Waals surface area contributed by atoms with E-state index in [1.165, 1.54) is 0 Å². The quantitative estimate of drug-likeness (QED) is 0.375. The maximum absolute atomic E-state index is 13.2. The highest BCUT2D eigenvalue weighted by Gasteiger charge is 2.33. The van der Waals surface area contributed by atoms with Gasteiger partial charge in [-0.1, -0.05) is 36.4 Å². The molecule has 0 saturated heterocycles. The van der Waals surface area contributed by atoms with Gasteiger partial charge in [0.05, 0.1) is 11.4 Å². The molecular formula is C20H20N4O2. The first-order valence-corrected chi connectivity index (χ1v) is 8.62. The predicted molar refractivity (Wildman–Crippen MR) is 98.6 cm³/mol. The first-order chi connectivity index (χ1) is 12.6. The highest BCUT2D eigenvalue weighted by Crippen LogP contribution is 2.41. The van der Waals surface area contributed by atoms with Crippen molar-refractivity contribution >= 4 is 11.6 Å². The number of nitrogens with one attached hydrogen (secondary N) is 1. The lowest BCUT2D eigenvalue weighted by Gasteiger charge is -2.23. The molecule has 1 aliphatic rings. The Morgan fingerprint density at radius 1 is 1.15 bits per heavy atom. The number of carbonyl (C=O) groups excluding carboxylic acids is 1. The number of hydrogen-bond donors (Lipinski definition) is 3. The van der Waals surface area contributed by atoms with Crippen LogP contribution in [0.5, 0.6) is 5.75 Å². The number of anilines is 1. The number of hydrazine groups is 1. The zero-order chi connectivity index (χ0) is 18.1. The zero-order valence-corrected chi connectivity index (χ0v) is 14.2. The molecule has 0 aliphatic heterocycles. The number of nitrogens with two attached hydrogens (primary N) is 1. The van der Waals surface area contributed by atoms with Crippen molar-refractivity contribution in [1.82, 2.24) is 10.2 Å². The summed E-state index contributed by atoms with van der Waals surface area (Å²) < 4.78 is 0. The molecule has 132 valence electrons. The summed E-state index contributed by atoms with van der Waals surface area (Å²) in [5.74, 6) is 5.50. The van der Waals surface area contributed by atoms with Crippen LogP contribution in [0.2, 0.25) is 0 Å². The summed E-state index contributed by atoms with van der Waals surface area (Å²) in [6.45, 7) is 0. The third kappa shape index (κ3) is 3.07. The van der Waals surface area contributed by atoms with Crippen molar-refractivity contribution < 1.29 is 9.90 Å². The van der Waals surface area contributed by atoms with E-state index in [4.69, 9.17) is 5.84 Å². The minimum atomic E-state index is -0.787. The van der Waals surface area contributed by atoms with Crippen LogP contribution in [0, 0.1) is 0 Å². The summed E-state index contributed by atoms with van der Waals surface area (Å²) in [7, 11) is 0. The van der Waals surface area contributed by atoms with E-state index in [2.05, 4.69) is 10.2 Å². The Morgan fingerprint density at radius 3 is 2.54 bits per heavy atom. The first kappa shape index (κ1) is 16.4. The van der Waals surface area contributed by atoms with Crippen molar-refractivity contribution in [3.05, 3.63) is 77.6 Å². The number of para-hydroxylation sites is 2. The van der Waals surface area contributed by atoms with Gasteiger partial charge in [-0.05, 0) is 37.1 Å². The number of phenolic OH excluding ortho intramolecular Hbond substituents is 1. The molecule has 1 heterocycles. The van der Waals surface area contributed by atoms with Crippen LogP contribution in [0.1, 0.15) is 41.6 Å². The summed E-state index contributed by atoms with van der Waals surface area (Å²) >= 11 is 0. The molecule has 6 heteroatoms. The number of carbonyl (C=O) groups is 1. The fourth-order valence-corrected chi connectivity index (χ4v) is 3.11. The monoisotopic (exact) mass is 348 g/mol. The topological polar surface area (TPSA) is 95.2 Å². The average Bonchev–Trinajstić information content (AvgIpc) is 3.42. The lowest BCUT2D eigenvalue weighted by atomic mass is 9.93. The van der Waals surface area contributed by atoms with E-state index in [1.807, 2.05) is 24.3 Å². The van der Waals surface area contributed by atoms with Crippen LogP contribution in [0.15, 0.2) is 60.7 Å². The van der Waals surface area contributed by atoms with Crippen molar-refractivity contribution in [2.45, 2.75) is 24.7 Å². The molecule has 1 saturated carbocycles. The van der Waals surface area contributed by atoms with Crippen LogP contribution < -0.4 is 10.9 Å². The molecule has 1 fully saturated rings. The van der Waals surface area contributed by atoms with Crippen molar-refractivity contribution in [2.75, 3.05) is 5.01 Å². The van der Waals surface area contributed by atoms with E-state index >= 15 is 0 Å². The van der Waals surface area contributed by atoms with Gasteiger partial charge in [0.2, 0.25) is 0 Å². The average molecular weight is 348 g/mol. The van der Waals surface area contributed by atoms with E-state index in [9.17, 15) is 9.90 Å². The number of rotatable bonds is 5. The van der Waals surface area contributed by atoms with Gasteiger partial charge in [-0.2, -0.15) is 5.10 Å². The number of aromatic nitrogens is 2. The third-order valence-electron chi connectivity index (χ3n) is 4.70. The van der Waals surface area contributed by atoms with E-state index in [1.54, 1.807) is 36.4 Å². The molecule has 0 bridgehead atoms. The molecule has 4 rings (SSSR count). The normalized spacial score (nSPS) is 14.8. The van der Waals surface area contributed by atoms with Crippen LogP contribution in [0.3, 0.4) is 0 Å². The number of aromatic amines is 1. The zero-order valence-electron chi connectivity index (χ0n) is 14.2. The standard InChI is InChI=1S/C20H20N4O2/c21-24(14-6-2-1-3-7-14)20(26)19(15-8-4-5-9-18(15)25)17-12-16(22-23-17)13-10-11-13/h1-9,12-13,19,25H,10-11,21H2,(H,22,23). The van der Waals surface area contributed by atoms with Crippen LogP contribution in [-0.2, 0) is 4.79 Å². The molecule has 6 nitrogen and oxygen atoms in total. The maximum atomic E-state index is 13.2. The minimum Gasteiger partial charge on any atom is -0.508 e. The second-order valence-corrected chi connectivity index (χ2v) is 6.56. The summed E-state index contributed by atoms with van der Waals surface area (Å²) in [5, 5.41) is 18.8. The molecule has 0 spiro atoms. The SMILES string of the molecule is NN(C(=O)C(c1cc(C2CC2)[nH]n1)c1ccccc1O)c1ccccc1. The Morgan fingerprint density at radius 2 is 1.85 bits per heavy atom. The maximum Gasteiger partial charge on any atom is 0.254 e. The van der Waals surface area contributed by atoms with Gasteiger partial charge in [-0.25, -0.2) is 10.9 Å². The fourth-order valence-electron chi connectivity index (χ4n) is 3.11. The molecule has 1 unspecified atom stereocenters. The second-order valence-electron chi connectivity index (χ2n) is 6.56. The van der Waals surface area contributed by atoms with E-state index < -0.39 is 5.92 Å². The van der Waals surface area contributed by atoms with Gasteiger partial charge >= 0.3 is 0 Å². The van der Waals surface area contributed by atoms with E-state index in [0.29, 0.717) is 22.9 Å². The van der Waals surface area contributed by atoms with E-state index in [0.717, 1.165) is 23.5 Å². The number of H-pyrrole nitrogens is 1. The highest BCUT2D eigenvalue weighted by atomic mass is 16.3. The molecule has 1 amide bonds. The van der Waals surface area contributed by atoms with Crippen LogP contribution in [0.4, 0.5) is 5.69 Å². The lowest BCUT2D eigenvalue weighted by molar-refractivity contribution is -0.119. The third-order valence-corrected chi connectivity index (χ3v) is 4.70. The van der Waals surface area contributed by atoms with Crippen LogP contribution in [0.25, 0.3) is 0 Å². The van der Waals surface area contributed by atoms with Gasteiger partial charge in [0.1, 0.15) is 11.7 Å². The Bertz CT molecular complexity index is 918. The van der Waals surface area contributed by atoms with Gasteiger partial charge in [-0.3, -0.25) is 9.89 Å². The largest absolute Gasteiger partial charge is 0.508 e. The molecule has 2 aromatic carbocycles. The van der Waals surface area contributed by atoms with Crippen LogP contribution >= 0.6 is 0 Å². The lowest BCUT2D eigenvalue weighted by Crippen LogP contribution is -2.41. The summed E-state index contributed by atoms with van der Waals surface area (Å²) in [6.07, 6.45) is 2.26. The predicted octanol–water partition coefficient (Wildman–Crippen LogP) is 3.03. The number of phenols is 1. The summed E-state index contributed by atoms with van der Waals surface area (Å²) in [5.41, 5.74) is 2.65. The van der Waals surface area contributed by atoms with Crippen molar-refractivity contribution in [3.63, 3.8) is 0 Å². The highest BCUT2D eigenvalue weighted by molar-refractivity contribution is 5.99. The number of amides is 1. The Kier molecular flexibility index (Phi) is 4.18. The van der Waals surface area contributed by atoms with Gasteiger partial charge in [0.25, 0.3) is 5.91 Å². The molecular weight excluding hydrogens is 328 g/mol. The first-order valence-electron chi connectivity index (χ1n) is 8.62. The molecule has 0 radical (unpaired) electrons. The molecule has 1 aliphatic carbocycles. The smallest absolute Gasteiger partial charge is 0.254 e. The Labute approximate surface area is 151 Å². The molecule has 1 atom stereocenters. The van der Waals surface area contributed by atoms with Crippen molar-refractivity contribution in [1.29, 1.82) is 0 Å². The molecule has 1 aromatic heterocycles. The fraction of sp³-hybridized carbons (Fsp3) is 0.200. The van der Waals surface area contributed by atoms with Crippen molar-refractivity contribution in [2.24, 2.45) is 5.84 Å². The number of aromatic hydroxyl groups is 1. The van der Waals surface area contributed by atoms with Gasteiger partial charge in [-0.15, -0.1) is 0 Å². The van der Waals surface area contributed by atoms with Gasteiger partial charge in [0.15, 0.2) is 0 Å². The number of nitrogens with zero attached hydrogens (tertiary/aromatic N) is 2. The molecule has 3 aromatic rings. The second kappa shape index (κ2) is 6.65. The van der Waals surface area contributed by atoms with Crippen molar-refractivity contribution in [3.8, 4) is 5.75 Å². The Hall–Kier alpha value is -3.12. The Balaban J connectivity index is 1.74. The van der Waals surface area contributed by atoms with Crippen LogP contribution in [-0.4, -0.2) is 21.2 Å². The van der Waals surface area contributed by atoms with Gasteiger partial charge in [0, 0.05) is 17.2 Å². The summed E-state index contributed by atoms with van der Waals surface area (Å²) in [4.78, 5) is 13.2. The minimum absolute atomic E-state index is 0.0447. The van der Waals surface area contributed by atoms with Gasteiger partial charge < -0.3 is 5.11 Å².